The molecule has 2 aromatic carbocycles. The third kappa shape index (κ3) is 9.13. The van der Waals surface area contributed by atoms with Crippen LogP contribution in [0.1, 0.15) is 27.0 Å². The highest BCUT2D eigenvalue weighted by Crippen LogP contribution is 2.36. The maximum Gasteiger partial charge on any atom is 0.416 e. The Balaban J connectivity index is 1.04. The van der Waals surface area contributed by atoms with E-state index in [1.165, 1.54) is 6.07 Å². The van der Waals surface area contributed by atoms with E-state index in [2.05, 4.69) is 25.2 Å². The molecular formula is C37H45F3N8O3. The first-order chi connectivity index (χ1) is 24.5. The summed E-state index contributed by atoms with van der Waals surface area (Å²) in [4.78, 5) is 23.9. The predicted molar refractivity (Wildman–Crippen MR) is 188 cm³/mol. The number of anilines is 1. The van der Waals surface area contributed by atoms with Crippen LogP contribution in [0.3, 0.4) is 0 Å². The van der Waals surface area contributed by atoms with Gasteiger partial charge in [0.25, 0.3) is 5.91 Å². The van der Waals surface area contributed by atoms with Gasteiger partial charge >= 0.3 is 6.18 Å². The Labute approximate surface area is 295 Å². The number of nitrogen functional groups attached to an aromatic ring is 1. The van der Waals surface area contributed by atoms with Gasteiger partial charge in [-0.3, -0.25) is 19.3 Å². The zero-order valence-electron chi connectivity index (χ0n) is 28.9. The van der Waals surface area contributed by atoms with Gasteiger partial charge in [0.15, 0.2) is 0 Å². The molecule has 2 aliphatic rings. The van der Waals surface area contributed by atoms with Gasteiger partial charge in [-0.25, -0.2) is 4.98 Å². The summed E-state index contributed by atoms with van der Waals surface area (Å²) in [5.41, 5.74) is 9.70. The Hall–Kier alpha value is -4.34. The van der Waals surface area contributed by atoms with E-state index in [-0.39, 0.29) is 42.4 Å². The highest BCUT2D eigenvalue weighted by molar-refractivity contribution is 5.99. The summed E-state index contributed by atoms with van der Waals surface area (Å²) < 4.78 is 50.3. The fourth-order valence-electron chi connectivity index (χ4n) is 6.88. The van der Waals surface area contributed by atoms with Crippen molar-refractivity contribution in [2.24, 2.45) is 13.0 Å². The van der Waals surface area contributed by atoms with Crippen LogP contribution >= 0.6 is 0 Å². The molecule has 1 unspecified atom stereocenters. The Morgan fingerprint density at radius 1 is 0.961 bits per heavy atom. The van der Waals surface area contributed by atoms with Crippen LogP contribution in [0.25, 0.3) is 22.3 Å². The Morgan fingerprint density at radius 3 is 2.37 bits per heavy atom. The second-order valence-electron chi connectivity index (χ2n) is 13.5. The fraction of sp³-hybridized carbons (Fsp3) is 0.432. The summed E-state index contributed by atoms with van der Waals surface area (Å²) >= 11 is 0. The molecule has 1 amide bonds. The summed E-state index contributed by atoms with van der Waals surface area (Å²) in [7, 11) is 3.81. The van der Waals surface area contributed by atoms with Gasteiger partial charge in [0.05, 0.1) is 37.1 Å². The molecule has 0 aliphatic carbocycles. The van der Waals surface area contributed by atoms with Crippen LogP contribution in [0.2, 0.25) is 0 Å². The van der Waals surface area contributed by atoms with Crippen LogP contribution in [0.15, 0.2) is 67.1 Å². The molecule has 4 N–H and O–H groups in total. The van der Waals surface area contributed by atoms with E-state index in [0.717, 1.165) is 36.3 Å². The number of benzene rings is 2. The van der Waals surface area contributed by atoms with E-state index in [1.807, 2.05) is 49.5 Å². The number of pyridine rings is 1. The van der Waals surface area contributed by atoms with E-state index >= 15 is 0 Å². The molecule has 0 bridgehead atoms. The summed E-state index contributed by atoms with van der Waals surface area (Å²) in [6.45, 7) is 5.78. The number of aliphatic hydroxyl groups excluding tert-OH is 1. The average molecular weight is 707 g/mol. The van der Waals surface area contributed by atoms with E-state index < -0.39 is 11.7 Å². The zero-order chi connectivity index (χ0) is 36.1. The maximum absolute atomic E-state index is 14.2. The summed E-state index contributed by atoms with van der Waals surface area (Å²) in [6.07, 6.45) is 0.693. The Morgan fingerprint density at radius 2 is 1.69 bits per heavy atom. The summed E-state index contributed by atoms with van der Waals surface area (Å²) in [6, 6.07) is 13.5. The van der Waals surface area contributed by atoms with Crippen LogP contribution in [-0.4, -0.2) is 113 Å². The van der Waals surface area contributed by atoms with Gasteiger partial charge in [-0.15, -0.1) is 0 Å². The van der Waals surface area contributed by atoms with E-state index in [1.54, 1.807) is 35.3 Å². The van der Waals surface area contributed by atoms with E-state index in [9.17, 15) is 18.0 Å². The minimum absolute atomic E-state index is 0.0395. The van der Waals surface area contributed by atoms with Gasteiger partial charge in [-0.05, 0) is 41.4 Å². The number of nitrogens with one attached hydrogen (secondary N) is 1. The van der Waals surface area contributed by atoms with Crippen molar-refractivity contribution in [2.75, 3.05) is 71.8 Å². The van der Waals surface area contributed by atoms with Crippen LogP contribution in [-0.2, 0) is 31.1 Å². The van der Waals surface area contributed by atoms with E-state index in [0.29, 0.717) is 56.1 Å². The third-order valence-electron chi connectivity index (χ3n) is 9.72. The number of likely N-dealkylation sites (N-methyl/N-ethyl adjacent to an activating group) is 1. The van der Waals surface area contributed by atoms with Gasteiger partial charge < -0.3 is 25.8 Å². The van der Waals surface area contributed by atoms with Crippen molar-refractivity contribution in [3.63, 3.8) is 0 Å². The highest BCUT2D eigenvalue weighted by Gasteiger charge is 2.35. The smallest absolute Gasteiger partial charge is 0.395 e. The molecular weight excluding hydrogens is 661 g/mol. The zero-order valence-corrected chi connectivity index (χ0v) is 28.9. The second-order valence-corrected chi connectivity index (χ2v) is 13.5. The highest BCUT2D eigenvalue weighted by atomic mass is 19.4. The molecule has 51 heavy (non-hydrogen) atoms. The summed E-state index contributed by atoms with van der Waals surface area (Å²) in [5, 5.41) is 16.5. The number of carbonyl (C=O) groups excluding carboxylic acids is 1. The first kappa shape index (κ1) is 36.5. The Kier molecular flexibility index (Phi) is 11.4. The number of nitrogens with two attached hydrogens (primary N) is 1. The third-order valence-corrected chi connectivity index (χ3v) is 9.72. The van der Waals surface area contributed by atoms with Gasteiger partial charge in [-0.2, -0.15) is 18.3 Å². The van der Waals surface area contributed by atoms with Crippen molar-refractivity contribution in [1.82, 2.24) is 34.8 Å². The number of halogens is 3. The minimum Gasteiger partial charge on any atom is -0.395 e. The lowest BCUT2D eigenvalue weighted by molar-refractivity contribution is -0.138. The predicted octanol–water partition coefficient (Wildman–Crippen LogP) is 3.74. The van der Waals surface area contributed by atoms with Crippen molar-refractivity contribution in [3.8, 4) is 22.3 Å². The van der Waals surface area contributed by atoms with Gasteiger partial charge in [-0.1, -0.05) is 36.4 Å². The molecule has 6 rings (SSSR count). The van der Waals surface area contributed by atoms with E-state index in [4.69, 9.17) is 15.6 Å². The van der Waals surface area contributed by atoms with Crippen LogP contribution < -0.4 is 11.1 Å². The topological polar surface area (TPSA) is 125 Å². The van der Waals surface area contributed by atoms with Crippen molar-refractivity contribution in [2.45, 2.75) is 25.4 Å². The first-order valence-electron chi connectivity index (χ1n) is 17.1. The molecule has 0 radical (unpaired) electrons. The van der Waals surface area contributed by atoms with Crippen LogP contribution in [0.4, 0.5) is 19.0 Å². The number of piperazine rings is 1. The largest absolute Gasteiger partial charge is 0.416 e. The molecule has 14 heteroatoms. The number of β-amino-alcohol motifs (C(OH)–C–C–N with tert-alkyl or cyclic N) is 1. The van der Waals surface area contributed by atoms with Gasteiger partial charge in [0.1, 0.15) is 5.82 Å². The van der Waals surface area contributed by atoms with Crippen molar-refractivity contribution in [1.29, 1.82) is 0 Å². The number of hydrogen-bond acceptors (Lipinski definition) is 9. The molecule has 2 saturated heterocycles. The second kappa shape index (κ2) is 15.9. The lowest BCUT2D eigenvalue weighted by Crippen LogP contribution is -2.46. The number of carbonyl (C=O) groups is 1. The number of aliphatic hydroxyl groups is 1. The molecule has 2 fully saturated rings. The molecule has 2 atom stereocenters. The number of ether oxygens (including phenoxy) is 1. The molecule has 4 heterocycles. The molecule has 4 aromatic rings. The quantitative estimate of drug-likeness (QED) is 0.202. The number of nitrogens with zero attached hydrogens (tertiary/aromatic N) is 6. The molecule has 0 saturated carbocycles. The van der Waals surface area contributed by atoms with Gasteiger partial charge in [0.2, 0.25) is 0 Å². The normalized spacial score (nSPS) is 19.1. The lowest BCUT2D eigenvalue weighted by atomic mass is 9.97. The number of amides is 1. The lowest BCUT2D eigenvalue weighted by Gasteiger charge is -2.34. The van der Waals surface area contributed by atoms with Gasteiger partial charge in [0, 0.05) is 94.9 Å². The van der Waals surface area contributed by atoms with Crippen LogP contribution in [0.5, 0.6) is 0 Å². The number of alkyl halides is 3. The minimum atomic E-state index is -4.48. The number of aryl methyl sites for hydroxylation is 1. The Bertz CT molecular complexity index is 1790. The van der Waals surface area contributed by atoms with Crippen molar-refractivity contribution < 1.29 is 27.8 Å². The fourth-order valence-corrected chi connectivity index (χ4v) is 6.88. The molecule has 272 valence electrons. The summed E-state index contributed by atoms with van der Waals surface area (Å²) in [5.74, 6) is -0.110. The average Bonchev–Trinajstić information content (AvgIpc) is 3.70. The number of rotatable bonds is 12. The molecule has 2 aliphatic heterocycles. The SMILES string of the molecule is CN1CC(COCc2ccc(-c3ccc(CN4CCN(CCO)CC4)c(C(F)(F)F)c3)cc2)[C@@H](NC(=O)c2cc(-c3cnn(C)c3)cnc2N)C1. The molecule has 2 aromatic heterocycles. The number of aromatic nitrogens is 3. The first-order valence-corrected chi connectivity index (χ1v) is 17.1. The van der Waals surface area contributed by atoms with Crippen LogP contribution in [0, 0.1) is 5.92 Å². The van der Waals surface area contributed by atoms with Crippen molar-refractivity contribution >= 4 is 11.7 Å². The maximum atomic E-state index is 14.2. The number of hydrogen-bond donors (Lipinski definition) is 3. The molecule has 0 spiro atoms. The van der Waals surface area contributed by atoms with Crippen molar-refractivity contribution in [3.05, 3.63) is 89.4 Å². The molecule has 11 nitrogen and oxygen atoms in total. The standard InChI is InChI=1S/C37H45F3N8O3/c1-45-19-31(34(22-45)44-36(50)32-15-29(17-42-35(32)41)30-18-43-46(2)20-30)24-51-23-25-3-5-26(6-4-25)27-7-8-28(33(16-27)37(38,39)40)21-48-11-9-47(10-12-48)13-14-49/h3-8,15-18,20,31,34,49H,9-14,19,21-24H2,1-2H3,(H2,41,42)(H,44,50)/t31?,34-/m0/s1. The monoisotopic (exact) mass is 706 g/mol. The number of likely N-dealkylation sites (tertiary alicyclic amines) is 1.